The van der Waals surface area contributed by atoms with Gasteiger partial charge in [0.15, 0.2) is 17.4 Å². The van der Waals surface area contributed by atoms with Gasteiger partial charge in [-0.25, -0.2) is 8.78 Å². The average Bonchev–Trinajstić information content (AvgIpc) is 2.90. The van der Waals surface area contributed by atoms with Crippen LogP contribution in [0.15, 0.2) is 42.5 Å². The van der Waals surface area contributed by atoms with Gasteiger partial charge >= 0.3 is 0 Å². The van der Waals surface area contributed by atoms with Gasteiger partial charge in [0.05, 0.1) is 5.56 Å². The first-order valence-corrected chi connectivity index (χ1v) is 7.96. The molecule has 0 saturated heterocycles. The maximum Gasteiger partial charge on any atom is 0.163 e. The zero-order chi connectivity index (χ0) is 16.6. The molecule has 0 saturated carbocycles. The lowest BCUT2D eigenvalue weighted by Gasteiger charge is -2.19. The Labute approximate surface area is 137 Å². The first-order valence-electron chi connectivity index (χ1n) is 7.15. The van der Waals surface area contributed by atoms with Gasteiger partial charge in [-0.1, -0.05) is 24.3 Å². The predicted molar refractivity (Wildman–Crippen MR) is 90.3 cm³/mol. The highest BCUT2D eigenvalue weighted by Crippen LogP contribution is 2.38. The zero-order valence-corrected chi connectivity index (χ0v) is 13.6. The molecule has 0 bridgehead atoms. The molecule has 5 heteroatoms. The number of anilines is 1. The van der Waals surface area contributed by atoms with Crippen LogP contribution in [0.25, 0.3) is 10.1 Å². The summed E-state index contributed by atoms with van der Waals surface area (Å²) in [5.41, 5.74) is 1.33. The minimum atomic E-state index is -0.862. The molecule has 3 rings (SSSR count). The van der Waals surface area contributed by atoms with Crippen LogP contribution in [-0.4, -0.2) is 12.8 Å². The molecular formula is C18H15F2NOS. The van der Waals surface area contributed by atoms with E-state index in [9.17, 15) is 13.6 Å². The summed E-state index contributed by atoms with van der Waals surface area (Å²) in [7, 11) is 1.85. The summed E-state index contributed by atoms with van der Waals surface area (Å²) in [4.78, 5) is 14.0. The summed E-state index contributed by atoms with van der Waals surface area (Å²) >= 11 is 1.52. The number of fused-ring (bicyclic) bond motifs is 1. The monoisotopic (exact) mass is 331 g/mol. The minimum absolute atomic E-state index is 0.00501. The van der Waals surface area contributed by atoms with Gasteiger partial charge in [-0.05, 0) is 30.7 Å². The van der Waals surface area contributed by atoms with Crippen LogP contribution in [0, 0.1) is 11.6 Å². The van der Waals surface area contributed by atoms with Crippen LogP contribution in [0.4, 0.5) is 13.8 Å². The van der Waals surface area contributed by atoms with Crippen molar-refractivity contribution in [3.05, 3.63) is 65.2 Å². The number of hydrogen-bond acceptors (Lipinski definition) is 3. The average molecular weight is 331 g/mol. The lowest BCUT2D eigenvalue weighted by atomic mass is 10.1. The molecule has 0 spiro atoms. The summed E-state index contributed by atoms with van der Waals surface area (Å²) in [6.45, 7) is 1.94. The first-order chi connectivity index (χ1) is 11.0. The van der Waals surface area contributed by atoms with Crippen molar-refractivity contribution in [2.24, 2.45) is 0 Å². The van der Waals surface area contributed by atoms with E-state index in [0.717, 1.165) is 21.2 Å². The van der Waals surface area contributed by atoms with Crippen molar-refractivity contribution in [3.8, 4) is 0 Å². The van der Waals surface area contributed by atoms with Crippen molar-refractivity contribution in [2.45, 2.75) is 13.5 Å². The second-order valence-corrected chi connectivity index (χ2v) is 6.47. The fraction of sp³-hybridized carbons (Fsp3) is 0.167. The summed E-state index contributed by atoms with van der Waals surface area (Å²) in [6.07, 6.45) is 0. The van der Waals surface area contributed by atoms with Crippen LogP contribution in [0.2, 0.25) is 0 Å². The largest absolute Gasteiger partial charge is 0.362 e. The van der Waals surface area contributed by atoms with E-state index < -0.39 is 11.6 Å². The highest BCUT2D eigenvalue weighted by Gasteiger charge is 2.19. The molecule has 0 aliphatic heterocycles. The second kappa shape index (κ2) is 6.08. The number of carbonyl (C=O) groups is 1. The molecule has 2 nitrogen and oxygen atoms in total. The Balaban J connectivity index is 2.00. The van der Waals surface area contributed by atoms with E-state index in [1.807, 2.05) is 36.2 Å². The van der Waals surface area contributed by atoms with Crippen LogP contribution < -0.4 is 4.90 Å². The number of rotatable bonds is 4. The highest BCUT2D eigenvalue weighted by atomic mass is 32.1. The fourth-order valence-electron chi connectivity index (χ4n) is 2.63. The number of halogens is 2. The Kier molecular flexibility index (Phi) is 4.13. The van der Waals surface area contributed by atoms with E-state index in [4.69, 9.17) is 0 Å². The number of nitrogens with zero attached hydrogens (tertiary/aromatic N) is 1. The summed E-state index contributed by atoms with van der Waals surface area (Å²) < 4.78 is 27.4. The van der Waals surface area contributed by atoms with Gasteiger partial charge in [0.1, 0.15) is 5.00 Å². The van der Waals surface area contributed by atoms with Crippen LogP contribution in [-0.2, 0) is 6.54 Å². The number of hydrogen-bond donors (Lipinski definition) is 0. The number of thiophene rings is 1. The molecule has 0 radical (unpaired) electrons. The number of carbonyl (C=O) groups excluding carboxylic acids is 1. The van der Waals surface area contributed by atoms with Crippen LogP contribution >= 0.6 is 11.3 Å². The molecule has 0 N–H and O–H groups in total. The van der Waals surface area contributed by atoms with E-state index in [-0.39, 0.29) is 5.78 Å². The fourth-order valence-corrected chi connectivity index (χ4v) is 3.84. The molecule has 0 atom stereocenters. The lowest BCUT2D eigenvalue weighted by molar-refractivity contribution is 0.102. The third-order valence-corrected chi connectivity index (χ3v) is 4.96. The third-order valence-electron chi connectivity index (χ3n) is 3.68. The molecule has 3 aromatic rings. The zero-order valence-electron chi connectivity index (χ0n) is 12.8. The predicted octanol–water partition coefficient (Wildman–Crippen LogP) is 5.02. The lowest BCUT2D eigenvalue weighted by Crippen LogP contribution is -2.17. The standard InChI is InChI=1S/C18H15F2NOS/c1-11(22)17-13-5-3-4-6-16(13)23-18(17)21(2)10-12-7-8-14(19)15(20)9-12/h3-9H,10H2,1-2H3. The molecule has 0 unspecified atom stereocenters. The summed E-state index contributed by atoms with van der Waals surface area (Å²) in [5.74, 6) is -1.73. The van der Waals surface area contributed by atoms with E-state index in [1.165, 1.54) is 17.4 Å². The van der Waals surface area contributed by atoms with E-state index in [0.29, 0.717) is 17.7 Å². The molecule has 1 aromatic heterocycles. The van der Waals surface area contributed by atoms with Gasteiger partial charge in [0.25, 0.3) is 0 Å². The Morgan fingerprint density at radius 1 is 1.13 bits per heavy atom. The summed E-state index contributed by atoms with van der Waals surface area (Å²) in [5, 5.41) is 1.76. The van der Waals surface area contributed by atoms with Gasteiger partial charge < -0.3 is 4.90 Å². The van der Waals surface area contributed by atoms with Crippen molar-refractivity contribution < 1.29 is 13.6 Å². The maximum atomic E-state index is 13.4. The van der Waals surface area contributed by atoms with Crippen molar-refractivity contribution in [3.63, 3.8) is 0 Å². The van der Waals surface area contributed by atoms with Crippen molar-refractivity contribution in [2.75, 3.05) is 11.9 Å². The molecular weight excluding hydrogens is 316 g/mol. The SMILES string of the molecule is CC(=O)c1c(N(C)Cc2ccc(F)c(F)c2)sc2ccccc12. The van der Waals surface area contributed by atoms with Crippen LogP contribution in [0.5, 0.6) is 0 Å². The topological polar surface area (TPSA) is 20.3 Å². The van der Waals surface area contributed by atoms with Gasteiger partial charge in [-0.3, -0.25) is 4.79 Å². The molecule has 0 aliphatic carbocycles. The Morgan fingerprint density at radius 2 is 1.87 bits per heavy atom. The Morgan fingerprint density at radius 3 is 2.57 bits per heavy atom. The molecule has 118 valence electrons. The van der Waals surface area contributed by atoms with Crippen LogP contribution in [0.3, 0.4) is 0 Å². The quantitative estimate of drug-likeness (QED) is 0.626. The third kappa shape index (κ3) is 2.97. The number of ketones is 1. The van der Waals surface area contributed by atoms with Crippen molar-refractivity contribution in [1.29, 1.82) is 0 Å². The highest BCUT2D eigenvalue weighted by molar-refractivity contribution is 7.23. The van der Waals surface area contributed by atoms with E-state index in [2.05, 4.69) is 0 Å². The van der Waals surface area contributed by atoms with Crippen molar-refractivity contribution >= 4 is 32.2 Å². The van der Waals surface area contributed by atoms with Crippen molar-refractivity contribution in [1.82, 2.24) is 0 Å². The molecule has 23 heavy (non-hydrogen) atoms. The normalized spacial score (nSPS) is 11.0. The number of Topliss-reactive ketones (excluding diaryl/α,β-unsaturated/α-hetero) is 1. The maximum absolute atomic E-state index is 13.4. The van der Waals surface area contributed by atoms with E-state index in [1.54, 1.807) is 13.0 Å². The Hall–Kier alpha value is -2.27. The first kappa shape index (κ1) is 15.6. The van der Waals surface area contributed by atoms with Gasteiger partial charge in [-0.2, -0.15) is 0 Å². The molecule has 2 aromatic carbocycles. The van der Waals surface area contributed by atoms with E-state index >= 15 is 0 Å². The minimum Gasteiger partial charge on any atom is -0.362 e. The Bertz CT molecular complexity index is 888. The molecule has 0 aliphatic rings. The number of benzene rings is 2. The van der Waals surface area contributed by atoms with Gasteiger partial charge in [0, 0.05) is 23.7 Å². The van der Waals surface area contributed by atoms with Gasteiger partial charge in [0.2, 0.25) is 0 Å². The molecule has 1 heterocycles. The summed E-state index contributed by atoms with van der Waals surface area (Å²) in [6, 6.07) is 11.6. The second-order valence-electron chi connectivity index (χ2n) is 5.44. The molecule has 0 amide bonds. The van der Waals surface area contributed by atoms with Gasteiger partial charge in [-0.15, -0.1) is 11.3 Å². The smallest absolute Gasteiger partial charge is 0.163 e. The van der Waals surface area contributed by atoms with Crippen LogP contribution in [0.1, 0.15) is 22.8 Å². The molecule has 0 fully saturated rings.